The van der Waals surface area contributed by atoms with Crippen LogP contribution < -0.4 is 4.74 Å². The molecule has 0 bridgehead atoms. The lowest BCUT2D eigenvalue weighted by Gasteiger charge is -2.39. The van der Waals surface area contributed by atoms with Crippen molar-refractivity contribution in [1.29, 1.82) is 0 Å². The molecule has 2 heterocycles. The first kappa shape index (κ1) is 29.9. The average molecular weight is 572 g/mol. The van der Waals surface area contributed by atoms with E-state index < -0.39 is 77.6 Å². The van der Waals surface area contributed by atoms with Gasteiger partial charge in [0.2, 0.25) is 6.29 Å². The van der Waals surface area contributed by atoms with Gasteiger partial charge in [-0.1, -0.05) is 29.1 Å². The number of aliphatic hydroxyl groups is 7. The summed E-state index contributed by atoms with van der Waals surface area (Å²) in [6, 6.07) is 5.98. The molecule has 17 heteroatoms. The van der Waals surface area contributed by atoms with Crippen molar-refractivity contribution in [3.63, 3.8) is 0 Å². The summed E-state index contributed by atoms with van der Waals surface area (Å²) in [6.07, 6.45) is -12.6. The van der Waals surface area contributed by atoms with E-state index in [2.05, 4.69) is 9.44 Å². The third kappa shape index (κ3) is 7.71. The molecule has 15 nitrogen and oxygen atoms in total. The zero-order chi connectivity index (χ0) is 27.5. The molecule has 2 fully saturated rings. The minimum atomic E-state index is -4.97. The summed E-state index contributed by atoms with van der Waals surface area (Å²) in [4.78, 5) is 0. The fourth-order valence-corrected chi connectivity index (χ4v) is 4.92. The van der Waals surface area contributed by atoms with Gasteiger partial charge in [0.1, 0.15) is 59.0 Å². The fourth-order valence-electron chi connectivity index (χ4n) is 3.59. The van der Waals surface area contributed by atoms with Crippen LogP contribution >= 0.6 is 11.8 Å². The summed E-state index contributed by atoms with van der Waals surface area (Å²) in [5.74, 6) is 0.220. The minimum Gasteiger partial charge on any atom is -0.462 e. The van der Waals surface area contributed by atoms with Gasteiger partial charge in [-0.25, -0.2) is 4.28 Å². The lowest BCUT2D eigenvalue weighted by molar-refractivity contribution is -0.268. The Labute approximate surface area is 215 Å². The van der Waals surface area contributed by atoms with Gasteiger partial charge in [0.25, 0.3) is 0 Å². The van der Waals surface area contributed by atoms with E-state index in [4.69, 9.17) is 18.8 Å². The molecule has 0 spiro atoms. The molecule has 8 N–H and O–H groups in total. The Morgan fingerprint density at radius 1 is 0.946 bits per heavy atom. The fraction of sp³-hybridized carbons (Fsp3) is 0.650. The van der Waals surface area contributed by atoms with E-state index in [0.717, 1.165) is 0 Å². The number of benzene rings is 1. The van der Waals surface area contributed by atoms with Crippen molar-refractivity contribution in [3.8, 4) is 5.75 Å². The summed E-state index contributed by atoms with van der Waals surface area (Å²) in [5, 5.41) is 72.5. The van der Waals surface area contributed by atoms with Crippen molar-refractivity contribution in [2.45, 2.75) is 73.9 Å². The summed E-state index contributed by atoms with van der Waals surface area (Å²) in [7, 11) is -4.97. The van der Waals surface area contributed by atoms with E-state index in [1.54, 1.807) is 0 Å². The number of hydrogen-bond acceptors (Lipinski definition) is 15. The van der Waals surface area contributed by atoms with Crippen molar-refractivity contribution in [2.75, 3.05) is 6.61 Å². The normalized spacial score (nSPS) is 37.3. The molecule has 0 radical (unpaired) electrons. The third-order valence-corrected chi connectivity index (χ3v) is 7.05. The molecule has 0 aromatic heterocycles. The maximum absolute atomic E-state index is 11.0. The van der Waals surface area contributed by atoms with Gasteiger partial charge in [-0.2, -0.15) is 8.42 Å². The van der Waals surface area contributed by atoms with Gasteiger partial charge in [0, 0.05) is 6.42 Å². The molecule has 210 valence electrons. The Hall–Kier alpha value is -1.61. The van der Waals surface area contributed by atoms with E-state index in [0.29, 0.717) is 17.3 Å². The van der Waals surface area contributed by atoms with E-state index in [-0.39, 0.29) is 17.2 Å². The zero-order valence-corrected chi connectivity index (χ0v) is 20.9. The highest BCUT2D eigenvalue weighted by Crippen LogP contribution is 2.31. The Morgan fingerprint density at radius 2 is 1.57 bits per heavy atom. The zero-order valence-electron chi connectivity index (χ0n) is 19.3. The number of thioether (sulfide) groups is 1. The number of ether oxygens (including phenoxy) is 3. The smallest absolute Gasteiger partial charge is 0.462 e. The lowest BCUT2D eigenvalue weighted by atomic mass is 10.00. The molecule has 0 saturated carbocycles. The van der Waals surface area contributed by atoms with Crippen LogP contribution in [0.2, 0.25) is 0 Å². The van der Waals surface area contributed by atoms with Crippen LogP contribution in [-0.4, -0.2) is 121 Å². The van der Waals surface area contributed by atoms with Crippen LogP contribution in [0.1, 0.15) is 12.5 Å². The monoisotopic (exact) mass is 571 g/mol. The second kappa shape index (κ2) is 12.5. The van der Waals surface area contributed by atoms with Crippen LogP contribution in [0.3, 0.4) is 0 Å². The van der Waals surface area contributed by atoms with Gasteiger partial charge in [-0.15, -0.1) is 0 Å². The second-order valence-corrected chi connectivity index (χ2v) is 10.6. The topological polar surface area (TPSA) is 245 Å². The number of oxime groups is 1. The molecule has 3 rings (SSSR count). The van der Waals surface area contributed by atoms with Crippen molar-refractivity contribution < 1.29 is 67.2 Å². The molecule has 37 heavy (non-hydrogen) atoms. The van der Waals surface area contributed by atoms with E-state index in [1.165, 1.54) is 31.2 Å². The Kier molecular flexibility index (Phi) is 10.1. The van der Waals surface area contributed by atoms with Crippen LogP contribution in [0.5, 0.6) is 5.75 Å². The molecule has 0 amide bonds. The van der Waals surface area contributed by atoms with E-state index in [9.17, 15) is 44.2 Å². The predicted molar refractivity (Wildman–Crippen MR) is 125 cm³/mol. The van der Waals surface area contributed by atoms with Crippen LogP contribution in [-0.2, 0) is 30.6 Å². The van der Waals surface area contributed by atoms with E-state index >= 15 is 0 Å². The van der Waals surface area contributed by atoms with Gasteiger partial charge in [-0.05, 0) is 24.6 Å². The van der Waals surface area contributed by atoms with Gasteiger partial charge in [-0.3, -0.25) is 4.55 Å². The van der Waals surface area contributed by atoms with Gasteiger partial charge < -0.3 is 50.0 Å². The molecule has 1 aromatic carbocycles. The largest absolute Gasteiger partial charge is 0.466 e. The number of nitrogens with zero attached hydrogens (tertiary/aromatic N) is 1. The molecule has 0 aliphatic carbocycles. The summed E-state index contributed by atoms with van der Waals surface area (Å²) in [5.41, 5.74) is -0.799. The number of aliphatic hydroxyl groups excluding tert-OH is 7. The highest BCUT2D eigenvalue weighted by Gasteiger charge is 2.45. The molecule has 1 aromatic rings. The van der Waals surface area contributed by atoms with Crippen molar-refractivity contribution in [2.24, 2.45) is 5.16 Å². The SMILES string of the molecule is C[C@@H]1O[C@@H](Oc2ccc(C/C(=N\OS(=O)(=O)O)S[C@H]3O[C@@H](CO)[C@H](O)[C@H](O)[C@H]3O)cc2)[C@H](O)[C@@H](O)[C@H]1O. The number of rotatable bonds is 8. The first-order valence-corrected chi connectivity index (χ1v) is 13.2. The quantitative estimate of drug-likeness (QED) is 0.0675. The molecule has 2 aliphatic rings. The molecule has 2 aliphatic heterocycles. The minimum absolute atomic E-state index is 0.125. The Morgan fingerprint density at radius 3 is 2.16 bits per heavy atom. The average Bonchev–Trinajstić information content (AvgIpc) is 2.85. The lowest BCUT2D eigenvalue weighted by Crippen LogP contribution is -2.58. The van der Waals surface area contributed by atoms with Gasteiger partial charge in [0.15, 0.2) is 0 Å². The highest BCUT2D eigenvalue weighted by atomic mass is 32.3. The molecule has 0 unspecified atom stereocenters. The van der Waals surface area contributed by atoms with Gasteiger partial charge in [0.05, 0.1) is 12.7 Å². The van der Waals surface area contributed by atoms with Crippen LogP contribution in [0.4, 0.5) is 0 Å². The highest BCUT2D eigenvalue weighted by molar-refractivity contribution is 8.14. The van der Waals surface area contributed by atoms with Crippen molar-refractivity contribution >= 4 is 27.2 Å². The summed E-state index contributed by atoms with van der Waals surface area (Å²) in [6.45, 7) is 0.827. The third-order valence-electron chi connectivity index (χ3n) is 5.67. The molecular weight excluding hydrogens is 542 g/mol. The first-order chi connectivity index (χ1) is 17.3. The van der Waals surface area contributed by atoms with E-state index in [1.807, 2.05) is 0 Å². The summed E-state index contributed by atoms with van der Waals surface area (Å²) >= 11 is 0.627. The van der Waals surface area contributed by atoms with Crippen LogP contribution in [0.15, 0.2) is 29.4 Å². The predicted octanol–water partition coefficient (Wildman–Crippen LogP) is -2.90. The van der Waals surface area contributed by atoms with Crippen LogP contribution in [0, 0.1) is 0 Å². The van der Waals surface area contributed by atoms with Crippen molar-refractivity contribution in [3.05, 3.63) is 29.8 Å². The van der Waals surface area contributed by atoms with Crippen molar-refractivity contribution in [1.82, 2.24) is 0 Å². The second-order valence-electron chi connectivity index (χ2n) is 8.42. The van der Waals surface area contributed by atoms with Gasteiger partial charge >= 0.3 is 10.4 Å². The Balaban J connectivity index is 1.72. The first-order valence-electron chi connectivity index (χ1n) is 11.0. The summed E-state index contributed by atoms with van der Waals surface area (Å²) < 4.78 is 51.3. The standard InChI is InChI=1S/C20H29NO14S2/c1-8-13(23)15(25)17(27)19(32-8)33-10-4-2-9(3-5-10)6-12(21-35-37(29,30)31)36-20-18(28)16(26)14(24)11(7-22)34-20/h2-5,8,11,13-20,22-28H,6-7H2,1H3,(H,29,30,31)/b21-12+/t8-,11-,13-,14-,15-,16-,17+,18+,19-,20+/m0/s1. The Bertz CT molecular complexity index is 1020. The molecule has 10 atom stereocenters. The molecule has 2 saturated heterocycles. The van der Waals surface area contributed by atoms with Crippen LogP contribution in [0.25, 0.3) is 0 Å². The number of hydrogen-bond donors (Lipinski definition) is 8. The molecular formula is C20H29NO14S2. The maximum Gasteiger partial charge on any atom is 0.466 e. The maximum atomic E-state index is 11.0.